The first-order valence-electron chi connectivity index (χ1n) is 20.8. The molecule has 0 radical (unpaired) electrons. The number of fused-ring (bicyclic) bond motifs is 6. The Morgan fingerprint density at radius 3 is 0.967 bits per heavy atom. The highest BCUT2D eigenvalue weighted by Gasteiger charge is 2.29. The van der Waals surface area contributed by atoms with Crippen molar-refractivity contribution in [3.63, 3.8) is 0 Å². The summed E-state index contributed by atoms with van der Waals surface area (Å²) in [5.41, 5.74) is 7.07. The minimum absolute atomic E-state index is 0.213. The third-order valence-corrected chi connectivity index (χ3v) is 13.2. The molecule has 6 aromatic rings. The largest absolute Gasteiger partial charge is 0.497 e. The second-order valence-electron chi connectivity index (χ2n) is 20.2. The molecule has 4 aromatic carbocycles. The number of rotatable bonds is 9. The van der Waals surface area contributed by atoms with Crippen molar-refractivity contribution in [2.75, 3.05) is 21.3 Å². The van der Waals surface area contributed by atoms with Crippen molar-refractivity contribution in [1.29, 1.82) is 0 Å². The number of benzene rings is 4. The van der Waals surface area contributed by atoms with Crippen LogP contribution >= 0.6 is 16.5 Å². The molecule has 0 fully saturated rings. The third-order valence-electron chi connectivity index (χ3n) is 10.8. The van der Waals surface area contributed by atoms with Gasteiger partial charge in [0.25, 0.3) is 0 Å². The van der Waals surface area contributed by atoms with Crippen LogP contribution in [0.1, 0.15) is 131 Å². The van der Waals surface area contributed by atoms with Crippen LogP contribution in [0.4, 0.5) is 0 Å². The van der Waals surface area contributed by atoms with Crippen molar-refractivity contribution in [2.24, 2.45) is 0 Å². The van der Waals surface area contributed by atoms with Crippen molar-refractivity contribution in [3.05, 3.63) is 76.3 Å². The molecule has 9 nitrogen and oxygen atoms in total. The highest BCUT2D eigenvalue weighted by atomic mass is 31.1. The average Bonchev–Trinajstić information content (AvgIpc) is 3.38. The van der Waals surface area contributed by atoms with E-state index in [1.165, 1.54) is 0 Å². The molecule has 11 heteroatoms. The minimum Gasteiger partial charge on any atom is -0.497 e. The number of methoxy groups -OCH3 is 3. The third kappa shape index (κ3) is 9.55. The summed E-state index contributed by atoms with van der Waals surface area (Å²) in [6.45, 7) is 32.3. The van der Waals surface area contributed by atoms with Gasteiger partial charge < -0.3 is 31.0 Å². The van der Waals surface area contributed by atoms with E-state index in [9.17, 15) is 0 Å². The zero-order chi connectivity index (χ0) is 44.3. The minimum atomic E-state index is -1.94. The van der Waals surface area contributed by atoms with Crippen LogP contribution in [0, 0.1) is 6.92 Å². The van der Waals surface area contributed by atoms with Crippen LogP contribution in [0.3, 0.4) is 0 Å². The number of hydrogen-bond acceptors (Lipinski definition) is 9. The lowest BCUT2D eigenvalue weighted by Gasteiger charge is -2.21. The fourth-order valence-electron chi connectivity index (χ4n) is 7.62. The fraction of sp³-hybridized carbons (Fsp3) is 0.510. The van der Waals surface area contributed by atoms with Gasteiger partial charge in [-0.1, -0.05) is 89.2 Å². The SMILES string of the molecule is COc1cc(C(C)(C)C)c2op(O[C@H](C)C[C@@H](C)Op3oc4c(C(C)(C)C)cc(OC)cc4c4cc(OC)cc(C(C)(C)C)c4o3)oc3c(C(C)(C)C)cc(C)cc3c2c1. The Hall–Kier alpha value is -4.00. The van der Waals surface area contributed by atoms with Crippen LogP contribution in [-0.4, -0.2) is 33.5 Å². The van der Waals surface area contributed by atoms with Crippen LogP contribution in [-0.2, 0) is 21.7 Å². The van der Waals surface area contributed by atoms with Gasteiger partial charge in [0.15, 0.2) is 0 Å². The summed E-state index contributed by atoms with van der Waals surface area (Å²) < 4.78 is 58.6. The van der Waals surface area contributed by atoms with Crippen LogP contribution in [0.2, 0.25) is 0 Å². The zero-order valence-corrected chi connectivity index (χ0v) is 40.8. The summed E-state index contributed by atoms with van der Waals surface area (Å²) in [5.74, 6) is 2.22. The number of ether oxygens (including phenoxy) is 3. The Bertz CT molecular complexity index is 2540. The number of hydrogen-bond donors (Lipinski definition) is 0. The maximum atomic E-state index is 6.89. The van der Waals surface area contributed by atoms with Gasteiger partial charge in [-0.3, -0.25) is 9.05 Å². The fourth-order valence-corrected chi connectivity index (χ4v) is 10.0. The Labute approximate surface area is 358 Å². The predicted molar refractivity (Wildman–Crippen MR) is 249 cm³/mol. The molecule has 0 N–H and O–H groups in total. The standard InChI is InChI=1S/C49H66O9P2/c1-28-19-34-35-22-31(50-16)25-39(47(7,8)9)43(35)56-59(55-42(34)38(20-28)46(4,5)6)53-29(2)21-30(3)54-60-57-44-36(23-32(51-17)26-40(44)48(10,11)12)37-24-33(52-18)27-41(45(37)58-60)49(13,14)15/h19-20,22-27,29-30H,21H2,1-18H3/t29-,30-,59?/m1/s1. The normalized spacial score (nSPS) is 14.2. The second-order valence-corrected chi connectivity index (χ2v) is 22.3. The maximum Gasteiger partial charge on any atom is 0.387 e. The van der Waals surface area contributed by atoms with E-state index in [4.69, 9.17) is 40.0 Å². The molecule has 6 rings (SSSR count). The van der Waals surface area contributed by atoms with Gasteiger partial charge in [-0.15, -0.1) is 0 Å². The Kier molecular flexibility index (Phi) is 12.7. The van der Waals surface area contributed by atoms with Gasteiger partial charge in [-0.2, -0.15) is 0 Å². The van der Waals surface area contributed by atoms with Crippen LogP contribution in [0.25, 0.3) is 43.9 Å². The lowest BCUT2D eigenvalue weighted by atomic mass is 9.83. The molecule has 326 valence electrons. The summed E-state index contributed by atoms with van der Waals surface area (Å²) in [6.07, 6.45) is -0.164. The zero-order valence-electron chi connectivity index (χ0n) is 39.0. The Balaban J connectivity index is 1.49. The Morgan fingerprint density at radius 2 is 0.700 bits per heavy atom. The van der Waals surface area contributed by atoms with Crippen molar-refractivity contribution in [1.82, 2.24) is 0 Å². The highest BCUT2D eigenvalue weighted by molar-refractivity contribution is 7.32. The van der Waals surface area contributed by atoms with E-state index in [0.29, 0.717) is 17.6 Å². The van der Waals surface area contributed by atoms with Gasteiger partial charge in [0.1, 0.15) is 39.6 Å². The summed E-state index contributed by atoms with van der Waals surface area (Å²) in [6, 6.07) is 16.6. The topological polar surface area (TPSA) is 98.7 Å². The molecule has 0 saturated carbocycles. The van der Waals surface area contributed by atoms with Crippen molar-refractivity contribution >= 4 is 60.4 Å². The monoisotopic (exact) mass is 860 g/mol. The van der Waals surface area contributed by atoms with E-state index in [1.807, 2.05) is 44.2 Å². The van der Waals surface area contributed by atoms with E-state index < -0.39 is 16.5 Å². The van der Waals surface area contributed by atoms with Gasteiger partial charge in [-0.25, -0.2) is 0 Å². The average molecular weight is 861 g/mol. The van der Waals surface area contributed by atoms with Crippen molar-refractivity contribution in [2.45, 2.75) is 144 Å². The summed E-state index contributed by atoms with van der Waals surface area (Å²) >= 11 is 0. The predicted octanol–water partition coefficient (Wildman–Crippen LogP) is 15.1. The molecule has 0 aliphatic carbocycles. The lowest BCUT2D eigenvalue weighted by Crippen LogP contribution is -2.21. The summed E-state index contributed by atoms with van der Waals surface area (Å²) in [4.78, 5) is 0. The second kappa shape index (κ2) is 16.7. The van der Waals surface area contributed by atoms with Crippen molar-refractivity contribution < 1.29 is 40.0 Å². The van der Waals surface area contributed by atoms with E-state index in [0.717, 1.165) is 77.8 Å². The molecular formula is C49H66O9P2. The van der Waals surface area contributed by atoms with E-state index in [-0.39, 0.29) is 33.9 Å². The van der Waals surface area contributed by atoms with Gasteiger partial charge in [0.05, 0.1) is 33.5 Å². The highest BCUT2D eigenvalue weighted by Crippen LogP contribution is 2.47. The molecule has 0 saturated heterocycles. The van der Waals surface area contributed by atoms with E-state index in [1.54, 1.807) is 21.3 Å². The molecule has 0 spiro atoms. The molecule has 1 unspecified atom stereocenters. The molecule has 2 aromatic heterocycles. The molecule has 0 bridgehead atoms. The molecule has 2 heterocycles. The molecule has 0 amide bonds. The molecule has 0 aliphatic rings. The molecular weight excluding hydrogens is 794 g/mol. The maximum absolute atomic E-state index is 6.89. The van der Waals surface area contributed by atoms with Gasteiger partial charge >= 0.3 is 16.5 Å². The smallest absolute Gasteiger partial charge is 0.387 e. The first kappa shape index (κ1) is 45.5. The molecule has 0 aliphatic heterocycles. The van der Waals surface area contributed by atoms with Crippen LogP contribution in [0.15, 0.2) is 65.3 Å². The first-order chi connectivity index (χ1) is 27.8. The molecule has 3 atom stereocenters. The number of aryl methyl sites for hydroxylation is 1. The van der Waals surface area contributed by atoms with Gasteiger partial charge in [-0.05, 0) is 90.5 Å². The van der Waals surface area contributed by atoms with Crippen molar-refractivity contribution in [3.8, 4) is 17.2 Å². The Morgan fingerprint density at radius 1 is 0.433 bits per heavy atom. The van der Waals surface area contributed by atoms with Crippen LogP contribution in [0.5, 0.6) is 17.2 Å². The van der Waals surface area contributed by atoms with Gasteiger partial charge in [0, 0.05) is 50.2 Å². The van der Waals surface area contributed by atoms with Crippen LogP contribution < -0.4 is 23.3 Å². The van der Waals surface area contributed by atoms with Gasteiger partial charge in [0.2, 0.25) is 0 Å². The lowest BCUT2D eigenvalue weighted by molar-refractivity contribution is 0.184. The first-order valence-corrected chi connectivity index (χ1v) is 23.0. The van der Waals surface area contributed by atoms with E-state index in [2.05, 4.69) is 108 Å². The quantitative estimate of drug-likeness (QED) is 0.141. The molecule has 60 heavy (non-hydrogen) atoms. The summed E-state index contributed by atoms with van der Waals surface area (Å²) in [5, 5.41) is 3.61. The summed E-state index contributed by atoms with van der Waals surface area (Å²) in [7, 11) is 1.23. The van der Waals surface area contributed by atoms with E-state index >= 15 is 0 Å².